The van der Waals surface area contributed by atoms with Crippen LogP contribution in [0.5, 0.6) is 0 Å². The number of aryl methyl sites for hydroxylation is 2. The van der Waals surface area contributed by atoms with Gasteiger partial charge < -0.3 is 0 Å². The van der Waals surface area contributed by atoms with Gasteiger partial charge in [-0.1, -0.05) is 86.4 Å². The van der Waals surface area contributed by atoms with Crippen LogP contribution in [0.4, 0.5) is 0 Å². The van der Waals surface area contributed by atoms with Gasteiger partial charge in [0.05, 0.1) is 0 Å². The Hall–Kier alpha value is -1.13. The number of benzene rings is 2. The third kappa shape index (κ3) is 6.18. The molecular formula is C24H27ClPRh. The zero-order valence-electron chi connectivity index (χ0n) is 16.0. The van der Waals surface area contributed by atoms with Gasteiger partial charge in [0.2, 0.25) is 0 Å². The maximum atomic E-state index is 4.53. The van der Waals surface area contributed by atoms with Crippen LogP contribution >= 0.6 is 17.2 Å². The van der Waals surface area contributed by atoms with Gasteiger partial charge in [-0.15, -0.1) is 0 Å². The van der Waals surface area contributed by atoms with Crippen LogP contribution in [0.25, 0.3) is 16.1 Å². The van der Waals surface area contributed by atoms with E-state index in [1.165, 1.54) is 41.8 Å². The van der Waals surface area contributed by atoms with Crippen LogP contribution in [-0.4, -0.2) is 0 Å². The molecule has 2 aromatic carbocycles. The van der Waals surface area contributed by atoms with Gasteiger partial charge in [-0.2, -0.15) is 0 Å². The van der Waals surface area contributed by atoms with Gasteiger partial charge in [0.1, 0.15) is 0 Å². The average molecular weight is 485 g/mol. The molecule has 144 valence electrons. The number of fused-ring (bicyclic) bond motifs is 1. The van der Waals surface area contributed by atoms with E-state index in [9.17, 15) is 0 Å². The Morgan fingerprint density at radius 3 is 1.63 bits per heavy atom. The minimum atomic E-state index is -0.256. The molecule has 0 atom stereocenters. The fourth-order valence-electron chi connectivity index (χ4n) is 3.44. The SMILES string of the molecule is C1=C\CCCC\C=C/1.Cc1c2ccccc2c(C)p1-c1ccccc1.[Cl][Rh]. The van der Waals surface area contributed by atoms with E-state index in [0.717, 1.165) is 0 Å². The van der Waals surface area contributed by atoms with E-state index in [1.54, 1.807) is 10.6 Å². The first-order chi connectivity index (χ1) is 13.3. The summed E-state index contributed by atoms with van der Waals surface area (Å²) in [5.74, 6) is 0. The molecule has 0 unspecified atom stereocenters. The van der Waals surface area contributed by atoms with Crippen molar-refractivity contribution in [1.29, 1.82) is 0 Å². The second kappa shape index (κ2) is 12.4. The molecule has 0 fully saturated rings. The van der Waals surface area contributed by atoms with E-state index in [4.69, 9.17) is 0 Å². The van der Waals surface area contributed by atoms with Crippen molar-refractivity contribution in [2.75, 3.05) is 0 Å². The van der Waals surface area contributed by atoms with Crippen molar-refractivity contribution in [2.24, 2.45) is 0 Å². The summed E-state index contributed by atoms with van der Waals surface area (Å²) in [7, 11) is 4.27. The molecule has 1 heterocycles. The Labute approximate surface area is 179 Å². The zero-order valence-corrected chi connectivity index (χ0v) is 19.3. The summed E-state index contributed by atoms with van der Waals surface area (Å²) < 4.78 is 0. The predicted octanol–water partition coefficient (Wildman–Crippen LogP) is 8.79. The summed E-state index contributed by atoms with van der Waals surface area (Å²) in [5.41, 5.74) is 0. The topological polar surface area (TPSA) is 0 Å². The van der Waals surface area contributed by atoms with Gasteiger partial charge in [-0.25, -0.2) is 0 Å². The van der Waals surface area contributed by atoms with Gasteiger partial charge >= 0.3 is 27.0 Å². The summed E-state index contributed by atoms with van der Waals surface area (Å²) in [6.07, 6.45) is 14.0. The van der Waals surface area contributed by atoms with E-state index in [0.29, 0.717) is 0 Å². The first-order valence-corrected chi connectivity index (χ1v) is 12.8. The van der Waals surface area contributed by atoms with Crippen LogP contribution in [0.1, 0.15) is 36.3 Å². The van der Waals surface area contributed by atoms with Crippen molar-refractivity contribution < 1.29 is 17.3 Å². The fraction of sp³-hybridized carbons (Fsp3) is 0.250. The molecule has 4 rings (SSSR count). The van der Waals surface area contributed by atoms with E-state index in [2.05, 4.69) is 102 Å². The first kappa shape index (κ1) is 22.2. The molecule has 0 radical (unpaired) electrons. The van der Waals surface area contributed by atoms with E-state index in [-0.39, 0.29) is 7.53 Å². The van der Waals surface area contributed by atoms with Crippen LogP contribution in [0.3, 0.4) is 0 Å². The number of hydrogen-bond donors (Lipinski definition) is 0. The molecule has 0 nitrogen and oxygen atoms in total. The predicted molar refractivity (Wildman–Crippen MR) is 120 cm³/mol. The number of halogens is 1. The van der Waals surface area contributed by atoms with Crippen molar-refractivity contribution in [3.8, 4) is 5.30 Å². The van der Waals surface area contributed by atoms with Crippen LogP contribution in [-0.2, 0) is 17.3 Å². The number of hydrogen-bond acceptors (Lipinski definition) is 0. The van der Waals surface area contributed by atoms with Crippen molar-refractivity contribution >= 4 is 28.0 Å². The third-order valence-corrected chi connectivity index (χ3v) is 7.40. The Morgan fingerprint density at radius 1 is 0.704 bits per heavy atom. The molecule has 0 N–H and O–H groups in total. The molecule has 1 aliphatic carbocycles. The summed E-state index contributed by atoms with van der Waals surface area (Å²) in [6.45, 7) is 4.57. The van der Waals surface area contributed by atoms with Crippen LogP contribution in [0.2, 0.25) is 0 Å². The van der Waals surface area contributed by atoms with Gasteiger partial charge in [0, 0.05) is 0 Å². The summed E-state index contributed by atoms with van der Waals surface area (Å²) >= 11 is 2.02. The number of rotatable bonds is 1. The summed E-state index contributed by atoms with van der Waals surface area (Å²) in [6, 6.07) is 19.7. The van der Waals surface area contributed by atoms with E-state index >= 15 is 0 Å². The normalized spacial score (nSPS) is 15.4. The maximum absolute atomic E-state index is 4.53. The first-order valence-electron chi connectivity index (χ1n) is 9.35. The molecule has 3 aromatic rings. The van der Waals surface area contributed by atoms with Crippen molar-refractivity contribution in [3.63, 3.8) is 0 Å². The van der Waals surface area contributed by atoms with Gasteiger partial charge in [-0.05, 0) is 66.2 Å². The summed E-state index contributed by atoms with van der Waals surface area (Å²) in [4.78, 5) is 0. The quantitative estimate of drug-likeness (QED) is 0.303. The summed E-state index contributed by atoms with van der Waals surface area (Å²) in [5, 5.41) is 7.44. The standard InChI is InChI=1S/C16H15P.C8H12.ClH.Rh/c1-12-15-10-6-7-11-16(15)13(2)17(12)14-8-4-3-5-9-14;1-2-4-6-8-7-5-3-1;;/h3-11H,1-2H3;1-4H,5-8H2;1H;/q;;;+1/p-1/b;3-1-,4-2-;;. The molecule has 0 amide bonds. The molecule has 0 aliphatic heterocycles. The zero-order chi connectivity index (χ0) is 19.5. The van der Waals surface area contributed by atoms with E-state index < -0.39 is 0 Å². The average Bonchev–Trinajstić information content (AvgIpc) is 2.95. The minimum absolute atomic E-state index is 0.256. The molecule has 1 aromatic heterocycles. The van der Waals surface area contributed by atoms with Gasteiger partial charge in [-0.3, -0.25) is 0 Å². The van der Waals surface area contributed by atoms with Crippen molar-refractivity contribution in [2.45, 2.75) is 39.5 Å². The monoisotopic (exact) mass is 484 g/mol. The molecule has 3 heteroatoms. The Balaban J connectivity index is 0.000000220. The fourth-order valence-corrected chi connectivity index (χ4v) is 6.06. The molecule has 0 bridgehead atoms. The van der Waals surface area contributed by atoms with Crippen LogP contribution in [0.15, 0.2) is 78.9 Å². The second-order valence-corrected chi connectivity index (χ2v) is 9.06. The van der Waals surface area contributed by atoms with Crippen LogP contribution < -0.4 is 0 Å². The van der Waals surface area contributed by atoms with Gasteiger partial charge in [0.15, 0.2) is 0 Å². The van der Waals surface area contributed by atoms with Gasteiger partial charge in [0.25, 0.3) is 0 Å². The molecule has 27 heavy (non-hydrogen) atoms. The Morgan fingerprint density at radius 2 is 1.15 bits per heavy atom. The van der Waals surface area contributed by atoms with Crippen LogP contribution in [0, 0.1) is 13.8 Å². The number of allylic oxidation sites excluding steroid dienone is 4. The molecule has 0 spiro atoms. The Bertz CT molecular complexity index is 825. The third-order valence-electron chi connectivity index (χ3n) is 4.77. The second-order valence-electron chi connectivity index (χ2n) is 6.53. The Kier molecular flexibility index (Phi) is 10.1. The van der Waals surface area contributed by atoms with Crippen molar-refractivity contribution in [1.82, 2.24) is 0 Å². The molecular weight excluding hydrogens is 458 g/mol. The molecule has 1 aliphatic rings. The van der Waals surface area contributed by atoms with Crippen molar-refractivity contribution in [3.05, 3.63) is 89.5 Å². The van der Waals surface area contributed by atoms with E-state index in [1.807, 2.05) is 17.3 Å². The molecule has 0 saturated carbocycles. The molecule has 0 saturated heterocycles.